The lowest BCUT2D eigenvalue weighted by Gasteiger charge is -2.10. The molecule has 1 aliphatic heterocycles. The first-order chi connectivity index (χ1) is 10.0. The SMILES string of the molecule is O=C(NCC1CCS(=O)(=O)C1)c1ccccc1C#CCO. The molecule has 112 valence electrons. The first kappa shape index (κ1) is 15.5. The molecule has 1 amide bonds. The molecule has 1 aromatic rings. The van der Waals surface area contributed by atoms with E-state index in [2.05, 4.69) is 17.2 Å². The van der Waals surface area contributed by atoms with Crippen LogP contribution in [0.2, 0.25) is 0 Å². The zero-order chi connectivity index (χ0) is 15.3. The van der Waals surface area contributed by atoms with Gasteiger partial charge >= 0.3 is 0 Å². The van der Waals surface area contributed by atoms with Crippen LogP contribution in [0.15, 0.2) is 24.3 Å². The Bertz CT molecular complexity index is 685. The van der Waals surface area contributed by atoms with Gasteiger partial charge in [-0.05, 0) is 24.5 Å². The van der Waals surface area contributed by atoms with Crippen LogP contribution < -0.4 is 5.32 Å². The molecule has 6 heteroatoms. The summed E-state index contributed by atoms with van der Waals surface area (Å²) in [6.45, 7) is 0.0791. The summed E-state index contributed by atoms with van der Waals surface area (Å²) in [7, 11) is -2.93. The summed E-state index contributed by atoms with van der Waals surface area (Å²) in [5.74, 6) is 5.29. The summed E-state index contributed by atoms with van der Waals surface area (Å²) in [6.07, 6.45) is 0.592. The average Bonchev–Trinajstić information content (AvgIpc) is 2.82. The van der Waals surface area contributed by atoms with Crippen molar-refractivity contribution in [1.82, 2.24) is 5.32 Å². The summed E-state index contributed by atoms with van der Waals surface area (Å²) in [4.78, 5) is 12.2. The smallest absolute Gasteiger partial charge is 0.252 e. The molecule has 1 aromatic carbocycles. The molecule has 1 unspecified atom stereocenters. The second-order valence-electron chi connectivity index (χ2n) is 4.98. The number of carbonyl (C=O) groups excluding carboxylic acids is 1. The standard InChI is InChI=1S/C15H17NO4S/c17-8-3-5-13-4-1-2-6-14(13)15(18)16-10-12-7-9-21(19,20)11-12/h1-2,4,6,12,17H,7-11H2,(H,16,18). The summed E-state index contributed by atoms with van der Waals surface area (Å²) >= 11 is 0. The molecule has 0 aromatic heterocycles. The van der Waals surface area contributed by atoms with E-state index in [4.69, 9.17) is 5.11 Å². The molecule has 2 N–H and O–H groups in total. The van der Waals surface area contributed by atoms with Crippen molar-refractivity contribution in [3.05, 3.63) is 35.4 Å². The van der Waals surface area contributed by atoms with Crippen LogP contribution in [0.1, 0.15) is 22.3 Å². The Morgan fingerprint density at radius 1 is 1.38 bits per heavy atom. The number of hydrogen-bond donors (Lipinski definition) is 2. The van der Waals surface area contributed by atoms with Crippen LogP contribution in [-0.2, 0) is 9.84 Å². The second kappa shape index (κ2) is 6.74. The summed E-state index contributed by atoms with van der Waals surface area (Å²) in [6, 6.07) is 6.86. The maximum absolute atomic E-state index is 12.2. The van der Waals surface area contributed by atoms with Crippen LogP contribution in [0, 0.1) is 17.8 Å². The highest BCUT2D eigenvalue weighted by atomic mass is 32.2. The van der Waals surface area contributed by atoms with Gasteiger partial charge in [-0.1, -0.05) is 24.0 Å². The van der Waals surface area contributed by atoms with Crippen LogP contribution >= 0.6 is 0 Å². The van der Waals surface area contributed by atoms with E-state index in [1.165, 1.54) is 0 Å². The molecule has 0 saturated carbocycles. The maximum Gasteiger partial charge on any atom is 0.252 e. The Morgan fingerprint density at radius 2 is 2.14 bits per heavy atom. The van der Waals surface area contributed by atoms with Crippen LogP contribution in [0.4, 0.5) is 0 Å². The minimum absolute atomic E-state index is 0.0189. The summed E-state index contributed by atoms with van der Waals surface area (Å²) < 4.78 is 22.7. The highest BCUT2D eigenvalue weighted by molar-refractivity contribution is 7.91. The van der Waals surface area contributed by atoms with E-state index in [-0.39, 0.29) is 29.9 Å². The molecule has 1 saturated heterocycles. The van der Waals surface area contributed by atoms with Gasteiger partial charge in [-0.15, -0.1) is 0 Å². The topological polar surface area (TPSA) is 83.5 Å². The van der Waals surface area contributed by atoms with Crippen molar-refractivity contribution in [2.24, 2.45) is 5.92 Å². The van der Waals surface area contributed by atoms with E-state index >= 15 is 0 Å². The molecule has 1 atom stereocenters. The Labute approximate surface area is 124 Å². The van der Waals surface area contributed by atoms with Crippen molar-refractivity contribution >= 4 is 15.7 Å². The number of hydrogen-bond acceptors (Lipinski definition) is 4. The van der Waals surface area contributed by atoms with Gasteiger partial charge in [0.2, 0.25) is 0 Å². The number of amides is 1. The molecule has 0 radical (unpaired) electrons. The van der Waals surface area contributed by atoms with Crippen molar-refractivity contribution in [3.8, 4) is 11.8 Å². The molecule has 1 heterocycles. The van der Waals surface area contributed by atoms with E-state index in [9.17, 15) is 13.2 Å². The fourth-order valence-electron chi connectivity index (χ4n) is 2.29. The van der Waals surface area contributed by atoms with Crippen LogP contribution in [-0.4, -0.2) is 44.1 Å². The van der Waals surface area contributed by atoms with Gasteiger partial charge in [0.05, 0.1) is 17.1 Å². The van der Waals surface area contributed by atoms with Crippen LogP contribution in [0.25, 0.3) is 0 Å². The second-order valence-corrected chi connectivity index (χ2v) is 7.21. The Hall–Kier alpha value is -1.84. The van der Waals surface area contributed by atoms with Gasteiger partial charge in [0.15, 0.2) is 9.84 Å². The molecular weight excluding hydrogens is 290 g/mol. The van der Waals surface area contributed by atoms with Crippen molar-refractivity contribution in [1.29, 1.82) is 0 Å². The molecular formula is C15H17NO4S. The number of benzene rings is 1. The fourth-order valence-corrected chi connectivity index (χ4v) is 4.15. The zero-order valence-corrected chi connectivity index (χ0v) is 12.3. The van der Waals surface area contributed by atoms with Gasteiger partial charge in [0, 0.05) is 12.1 Å². The number of rotatable bonds is 3. The molecule has 2 rings (SSSR count). The molecule has 0 bridgehead atoms. The van der Waals surface area contributed by atoms with Gasteiger partial charge in [-0.3, -0.25) is 4.79 Å². The largest absolute Gasteiger partial charge is 0.384 e. The van der Waals surface area contributed by atoms with Crippen LogP contribution in [0.5, 0.6) is 0 Å². The zero-order valence-electron chi connectivity index (χ0n) is 11.5. The molecule has 1 fully saturated rings. The summed E-state index contributed by atoms with van der Waals surface area (Å²) in [5.41, 5.74) is 0.974. The third kappa shape index (κ3) is 4.31. The third-order valence-corrected chi connectivity index (χ3v) is 5.19. The minimum atomic E-state index is -2.93. The molecule has 1 aliphatic rings. The van der Waals surface area contributed by atoms with Gasteiger partial charge in [0.25, 0.3) is 5.91 Å². The van der Waals surface area contributed by atoms with Crippen LogP contribution in [0.3, 0.4) is 0 Å². The normalized spacial score (nSPS) is 19.6. The highest BCUT2D eigenvalue weighted by Gasteiger charge is 2.28. The Balaban J connectivity index is 2.01. The van der Waals surface area contributed by atoms with Gasteiger partial charge < -0.3 is 10.4 Å². The molecule has 0 spiro atoms. The summed E-state index contributed by atoms with van der Waals surface area (Å²) in [5, 5.41) is 11.5. The van der Waals surface area contributed by atoms with Crippen molar-refractivity contribution < 1.29 is 18.3 Å². The lowest BCUT2D eigenvalue weighted by Crippen LogP contribution is -2.30. The van der Waals surface area contributed by atoms with E-state index in [1.54, 1.807) is 24.3 Å². The first-order valence-corrected chi connectivity index (χ1v) is 8.51. The van der Waals surface area contributed by atoms with Gasteiger partial charge in [-0.25, -0.2) is 8.42 Å². The molecule has 5 nitrogen and oxygen atoms in total. The first-order valence-electron chi connectivity index (χ1n) is 6.69. The molecule has 21 heavy (non-hydrogen) atoms. The van der Waals surface area contributed by atoms with Crippen molar-refractivity contribution in [2.45, 2.75) is 6.42 Å². The Morgan fingerprint density at radius 3 is 2.81 bits per heavy atom. The van der Waals surface area contributed by atoms with E-state index in [0.717, 1.165) is 0 Å². The predicted molar refractivity (Wildman–Crippen MR) is 79.5 cm³/mol. The monoisotopic (exact) mass is 307 g/mol. The lowest BCUT2D eigenvalue weighted by atomic mass is 10.1. The van der Waals surface area contributed by atoms with Gasteiger partial charge in [0.1, 0.15) is 6.61 Å². The van der Waals surface area contributed by atoms with E-state index < -0.39 is 9.84 Å². The number of aliphatic hydroxyl groups is 1. The highest BCUT2D eigenvalue weighted by Crippen LogP contribution is 2.17. The third-order valence-electron chi connectivity index (χ3n) is 3.35. The lowest BCUT2D eigenvalue weighted by molar-refractivity contribution is 0.0948. The average molecular weight is 307 g/mol. The molecule has 0 aliphatic carbocycles. The van der Waals surface area contributed by atoms with Gasteiger partial charge in [-0.2, -0.15) is 0 Å². The van der Waals surface area contributed by atoms with E-state index in [0.29, 0.717) is 24.1 Å². The number of aliphatic hydroxyl groups excluding tert-OH is 1. The quantitative estimate of drug-likeness (QED) is 0.781. The Kier molecular flexibility index (Phi) is 4.99. The van der Waals surface area contributed by atoms with E-state index in [1.807, 2.05) is 0 Å². The number of sulfone groups is 1. The fraction of sp³-hybridized carbons (Fsp3) is 0.400. The number of nitrogens with one attached hydrogen (secondary N) is 1. The predicted octanol–water partition coefficient (Wildman–Crippen LogP) is 0.195. The minimum Gasteiger partial charge on any atom is -0.384 e. The van der Waals surface area contributed by atoms with Crippen molar-refractivity contribution in [3.63, 3.8) is 0 Å². The van der Waals surface area contributed by atoms with Crippen molar-refractivity contribution in [2.75, 3.05) is 24.7 Å². The maximum atomic E-state index is 12.2. The number of carbonyl (C=O) groups is 1.